The average molecular weight is 645 g/mol. The van der Waals surface area contributed by atoms with Crippen LogP contribution in [0.25, 0.3) is 11.2 Å². The molecular formula is C25H37N6O10PS. The van der Waals surface area contributed by atoms with Gasteiger partial charge in [0, 0.05) is 19.2 Å². The predicted octanol–water partition coefficient (Wildman–Crippen LogP) is 0.945. The fraction of sp³-hybridized carbons (Fsp3) is 0.680. The molecule has 2 aliphatic rings. The SMILES string of the molecule is COc1nc(C)nc2c1ncn2[C@@H]1O[C@H](COP(=O)(NC(C)C(=O)OC(C)C)SCC2CC(=O)N(C)C2=O)[C@@H](O)[C@@]1(C)O. The van der Waals surface area contributed by atoms with Gasteiger partial charge in [0.2, 0.25) is 17.7 Å². The molecule has 238 valence electrons. The van der Waals surface area contributed by atoms with Crippen molar-refractivity contribution in [1.29, 1.82) is 0 Å². The molecule has 0 radical (unpaired) electrons. The molecular weight excluding hydrogens is 607 g/mol. The number of aliphatic hydroxyl groups is 2. The third-order valence-electron chi connectivity index (χ3n) is 7.09. The minimum Gasteiger partial charge on any atom is -0.479 e. The van der Waals surface area contributed by atoms with Gasteiger partial charge in [0.05, 0.1) is 32.1 Å². The van der Waals surface area contributed by atoms with Gasteiger partial charge in [-0.1, -0.05) is 11.4 Å². The Labute approximate surface area is 252 Å². The van der Waals surface area contributed by atoms with Crippen LogP contribution in [0.3, 0.4) is 0 Å². The smallest absolute Gasteiger partial charge is 0.327 e. The van der Waals surface area contributed by atoms with Crippen molar-refractivity contribution in [3.05, 3.63) is 12.2 Å². The quantitative estimate of drug-likeness (QED) is 0.167. The summed E-state index contributed by atoms with van der Waals surface area (Å²) < 4.78 is 37.8. The van der Waals surface area contributed by atoms with E-state index in [-0.39, 0.29) is 24.0 Å². The number of fused-ring (bicyclic) bond motifs is 1. The highest BCUT2D eigenvalue weighted by Gasteiger charge is 2.54. The Bertz CT molecular complexity index is 1440. The van der Waals surface area contributed by atoms with E-state index < -0.39 is 67.3 Å². The van der Waals surface area contributed by atoms with E-state index in [1.54, 1.807) is 20.8 Å². The van der Waals surface area contributed by atoms with Crippen LogP contribution in [0.1, 0.15) is 46.2 Å². The summed E-state index contributed by atoms with van der Waals surface area (Å²) in [5.74, 6) is -1.60. The summed E-state index contributed by atoms with van der Waals surface area (Å²) in [6.45, 7) is 3.35. The number of ether oxygens (including phenoxy) is 3. The first-order valence-corrected chi connectivity index (χ1v) is 16.8. The van der Waals surface area contributed by atoms with Crippen molar-refractivity contribution in [2.75, 3.05) is 26.5 Å². The second-order valence-electron chi connectivity index (χ2n) is 10.9. The molecule has 2 saturated heterocycles. The number of nitrogens with one attached hydrogen (secondary N) is 1. The van der Waals surface area contributed by atoms with Crippen molar-refractivity contribution in [3.63, 3.8) is 0 Å². The number of hydrogen-bond donors (Lipinski definition) is 3. The van der Waals surface area contributed by atoms with E-state index in [1.165, 1.54) is 38.9 Å². The van der Waals surface area contributed by atoms with Gasteiger partial charge in [-0.3, -0.25) is 28.4 Å². The summed E-state index contributed by atoms with van der Waals surface area (Å²) in [6, 6.07) is -1.06. The normalized spacial score (nSPS) is 28.1. The molecule has 2 amide bonds. The fourth-order valence-corrected chi connectivity index (χ4v) is 8.76. The number of aryl methyl sites for hydroxylation is 1. The second-order valence-corrected chi connectivity index (χ2v) is 15.2. The first-order valence-electron chi connectivity index (χ1n) is 13.6. The standard InChI is InChI=1S/C25H37N6O10PS/c1-12(2)40-23(35)13(3)29-42(37,43-10-15-8-17(32)30(6)22(15)34)39-9-16-19(33)25(5,36)24(41-16)31-11-26-18-20(31)27-14(4)28-21(18)38-7/h11-13,15-16,19,24,33,36H,8-10H2,1-7H3,(H,29,37)/t13?,15?,16-,19-,24-,25-,42?/m1/s1. The zero-order valence-electron chi connectivity index (χ0n) is 24.9. The number of esters is 1. The number of methoxy groups -OCH3 is 1. The maximum absolute atomic E-state index is 14.0. The molecule has 0 aliphatic carbocycles. The summed E-state index contributed by atoms with van der Waals surface area (Å²) >= 11 is 0.753. The Morgan fingerprint density at radius 3 is 2.63 bits per heavy atom. The number of amides is 2. The minimum atomic E-state index is -3.99. The maximum Gasteiger partial charge on any atom is 0.327 e. The molecule has 16 nitrogen and oxygen atoms in total. The number of carbonyl (C=O) groups is 3. The van der Waals surface area contributed by atoms with E-state index in [0.29, 0.717) is 17.0 Å². The lowest BCUT2D eigenvalue weighted by molar-refractivity contribution is -0.149. The minimum absolute atomic E-state index is 0.0402. The van der Waals surface area contributed by atoms with Crippen molar-refractivity contribution in [2.45, 2.75) is 77.2 Å². The van der Waals surface area contributed by atoms with Crippen LogP contribution in [0.4, 0.5) is 0 Å². The maximum atomic E-state index is 14.0. The van der Waals surface area contributed by atoms with Crippen molar-refractivity contribution >= 4 is 47.1 Å². The lowest BCUT2D eigenvalue weighted by Gasteiger charge is -2.27. The Balaban J connectivity index is 1.53. The van der Waals surface area contributed by atoms with E-state index in [9.17, 15) is 29.2 Å². The average Bonchev–Trinajstić information content (AvgIpc) is 3.53. The van der Waals surface area contributed by atoms with E-state index in [2.05, 4.69) is 20.0 Å². The summed E-state index contributed by atoms with van der Waals surface area (Å²) in [4.78, 5) is 50.8. The molecule has 0 saturated carbocycles. The first kappa shape index (κ1) is 33.2. The molecule has 0 spiro atoms. The van der Waals surface area contributed by atoms with Crippen LogP contribution in [-0.2, 0) is 32.9 Å². The number of carbonyl (C=O) groups excluding carboxylic acids is 3. The van der Waals surface area contributed by atoms with Crippen LogP contribution in [0.15, 0.2) is 6.33 Å². The van der Waals surface area contributed by atoms with Crippen LogP contribution in [0.2, 0.25) is 0 Å². The number of hydrogen-bond acceptors (Lipinski definition) is 14. The zero-order valence-corrected chi connectivity index (χ0v) is 26.6. The number of nitrogens with zero attached hydrogens (tertiary/aromatic N) is 5. The molecule has 18 heteroatoms. The molecule has 2 fully saturated rings. The van der Waals surface area contributed by atoms with Crippen molar-refractivity contribution in [3.8, 4) is 5.88 Å². The van der Waals surface area contributed by atoms with E-state index in [1.807, 2.05) is 0 Å². The van der Waals surface area contributed by atoms with Gasteiger partial charge in [-0.2, -0.15) is 4.98 Å². The molecule has 3 N–H and O–H groups in total. The summed E-state index contributed by atoms with van der Waals surface area (Å²) in [5.41, 5.74) is -1.25. The number of likely N-dealkylation sites (tertiary alicyclic amines) is 1. The molecule has 2 aromatic rings. The van der Waals surface area contributed by atoms with Gasteiger partial charge < -0.3 is 28.9 Å². The Morgan fingerprint density at radius 2 is 2.02 bits per heavy atom. The summed E-state index contributed by atoms with van der Waals surface area (Å²) in [7, 11) is 2.81. The van der Waals surface area contributed by atoms with Gasteiger partial charge in [-0.05, 0) is 34.6 Å². The number of aromatic nitrogens is 4. The van der Waals surface area contributed by atoms with Gasteiger partial charge in [0.1, 0.15) is 29.7 Å². The first-order chi connectivity index (χ1) is 20.1. The Hall–Kier alpha value is -2.66. The lowest BCUT2D eigenvalue weighted by atomic mass is 9.96. The third-order valence-corrected chi connectivity index (χ3v) is 11.3. The number of imidazole rings is 1. The third kappa shape index (κ3) is 6.87. The van der Waals surface area contributed by atoms with E-state index >= 15 is 0 Å². The fourth-order valence-electron chi connectivity index (χ4n) is 4.74. The highest BCUT2D eigenvalue weighted by atomic mass is 32.7. The molecule has 4 rings (SSSR count). The molecule has 3 unspecified atom stereocenters. The lowest BCUT2D eigenvalue weighted by Crippen LogP contribution is -2.44. The van der Waals surface area contributed by atoms with Crippen molar-refractivity contribution in [1.82, 2.24) is 29.5 Å². The van der Waals surface area contributed by atoms with E-state index in [4.69, 9.17) is 18.7 Å². The van der Waals surface area contributed by atoms with Crippen LogP contribution >= 0.6 is 18.1 Å². The van der Waals surface area contributed by atoms with Crippen LogP contribution in [0, 0.1) is 12.8 Å². The number of imide groups is 1. The van der Waals surface area contributed by atoms with Crippen LogP contribution in [-0.4, -0.2) is 109 Å². The highest BCUT2D eigenvalue weighted by Crippen LogP contribution is 2.58. The predicted molar refractivity (Wildman–Crippen MR) is 153 cm³/mol. The van der Waals surface area contributed by atoms with E-state index in [0.717, 1.165) is 16.3 Å². The molecule has 7 atom stereocenters. The van der Waals surface area contributed by atoms with Gasteiger partial charge in [-0.25, -0.2) is 15.1 Å². The van der Waals surface area contributed by atoms with Gasteiger partial charge in [0.15, 0.2) is 17.4 Å². The Morgan fingerprint density at radius 1 is 1.33 bits per heavy atom. The Kier molecular flexibility index (Phi) is 9.86. The molecule has 0 aromatic carbocycles. The summed E-state index contributed by atoms with van der Waals surface area (Å²) in [6.07, 6.45) is -2.97. The molecule has 2 aromatic heterocycles. The molecule has 0 bridgehead atoms. The zero-order chi connectivity index (χ0) is 31.9. The molecule has 4 heterocycles. The molecule has 43 heavy (non-hydrogen) atoms. The largest absolute Gasteiger partial charge is 0.479 e. The van der Waals surface area contributed by atoms with Gasteiger partial charge >= 0.3 is 12.7 Å². The van der Waals surface area contributed by atoms with Crippen LogP contribution in [0.5, 0.6) is 5.88 Å². The van der Waals surface area contributed by atoms with Crippen LogP contribution < -0.4 is 9.82 Å². The van der Waals surface area contributed by atoms with Crippen molar-refractivity contribution < 1.29 is 47.9 Å². The number of aliphatic hydroxyl groups excluding tert-OH is 1. The van der Waals surface area contributed by atoms with Gasteiger partial charge in [0.25, 0.3) is 0 Å². The highest BCUT2D eigenvalue weighted by molar-refractivity contribution is 8.56. The summed E-state index contributed by atoms with van der Waals surface area (Å²) in [5, 5.41) is 25.0. The number of rotatable bonds is 12. The second kappa shape index (κ2) is 12.8. The van der Waals surface area contributed by atoms with Gasteiger partial charge in [-0.15, -0.1) is 0 Å². The van der Waals surface area contributed by atoms with Crippen molar-refractivity contribution in [2.24, 2.45) is 5.92 Å². The monoisotopic (exact) mass is 644 g/mol. The molecule has 2 aliphatic heterocycles. The topological polar surface area (TPSA) is 205 Å².